The number of nitriles is 2. The molecule has 5 nitrogen and oxygen atoms in total. The van der Waals surface area contributed by atoms with Gasteiger partial charge in [0.15, 0.2) is 0 Å². The lowest BCUT2D eigenvalue weighted by atomic mass is 9.95. The Kier molecular flexibility index (Phi) is 4.49. The first-order valence-corrected chi connectivity index (χ1v) is 8.07. The number of nitrogens with zero attached hydrogens (tertiary/aromatic N) is 3. The summed E-state index contributed by atoms with van der Waals surface area (Å²) >= 11 is 5.89. The highest BCUT2D eigenvalue weighted by Crippen LogP contribution is 2.30. The molecule has 26 heavy (non-hydrogen) atoms. The molecule has 0 saturated heterocycles. The van der Waals surface area contributed by atoms with Crippen LogP contribution in [0.15, 0.2) is 53.3 Å². The molecule has 1 aromatic heterocycles. The lowest BCUT2D eigenvalue weighted by Gasteiger charge is -2.16. The number of hydrogen-bond donors (Lipinski definition) is 1. The molecule has 0 spiro atoms. The summed E-state index contributed by atoms with van der Waals surface area (Å²) in [5, 5.41) is 19.8. The molecule has 0 aliphatic rings. The van der Waals surface area contributed by atoms with Crippen LogP contribution in [0.25, 0.3) is 16.8 Å². The maximum absolute atomic E-state index is 13.0. The highest BCUT2D eigenvalue weighted by Gasteiger charge is 2.22. The van der Waals surface area contributed by atoms with Crippen LogP contribution in [0.5, 0.6) is 0 Å². The third-order valence-corrected chi connectivity index (χ3v) is 4.31. The molecule has 0 fully saturated rings. The first kappa shape index (κ1) is 17.3. The maximum Gasteiger partial charge on any atom is 0.275 e. The topological polar surface area (TPSA) is 95.6 Å². The van der Waals surface area contributed by atoms with Crippen molar-refractivity contribution in [2.24, 2.45) is 0 Å². The number of aryl methyl sites for hydroxylation is 1. The first-order valence-electron chi connectivity index (χ1n) is 7.69. The first-order chi connectivity index (χ1) is 12.5. The molecule has 1 heterocycles. The smallest absolute Gasteiger partial charge is 0.275 e. The van der Waals surface area contributed by atoms with Crippen molar-refractivity contribution in [2.45, 2.75) is 6.92 Å². The van der Waals surface area contributed by atoms with Gasteiger partial charge >= 0.3 is 0 Å². The van der Waals surface area contributed by atoms with Gasteiger partial charge in [-0.15, -0.1) is 0 Å². The summed E-state index contributed by atoms with van der Waals surface area (Å²) in [6.45, 7) is 1.92. The minimum absolute atomic E-state index is 0.0191. The van der Waals surface area contributed by atoms with E-state index in [9.17, 15) is 15.3 Å². The average molecular weight is 361 g/mol. The van der Waals surface area contributed by atoms with Crippen LogP contribution in [-0.2, 0) is 0 Å². The summed E-state index contributed by atoms with van der Waals surface area (Å²) < 4.78 is 1.16. The van der Waals surface area contributed by atoms with Crippen molar-refractivity contribution in [1.82, 2.24) is 4.57 Å². The second-order valence-corrected chi connectivity index (χ2v) is 6.15. The van der Waals surface area contributed by atoms with Gasteiger partial charge in [-0.05, 0) is 36.8 Å². The van der Waals surface area contributed by atoms with E-state index in [-0.39, 0.29) is 22.5 Å². The average Bonchev–Trinajstić information content (AvgIpc) is 2.64. The number of anilines is 1. The van der Waals surface area contributed by atoms with E-state index in [0.29, 0.717) is 16.3 Å². The van der Waals surface area contributed by atoms with Gasteiger partial charge in [-0.1, -0.05) is 41.4 Å². The quantitative estimate of drug-likeness (QED) is 0.751. The fraction of sp³-hybridized carbons (Fsp3) is 0.0500. The van der Waals surface area contributed by atoms with Crippen molar-refractivity contribution in [3.63, 3.8) is 0 Å². The van der Waals surface area contributed by atoms with Crippen LogP contribution in [-0.4, -0.2) is 4.57 Å². The van der Waals surface area contributed by atoms with Crippen LogP contribution in [0.3, 0.4) is 0 Å². The van der Waals surface area contributed by atoms with Crippen LogP contribution >= 0.6 is 11.6 Å². The summed E-state index contributed by atoms with van der Waals surface area (Å²) in [6.07, 6.45) is 0. The molecule has 0 unspecified atom stereocenters. The standard InChI is InChI=1S/C20H13ClN4O/c1-12-2-4-13(5-3-12)18-16(10-22)19(24)25(20(26)17(18)11-23)15-8-6-14(21)7-9-15/h2-9H,24H2,1H3. The Morgan fingerprint density at radius 1 is 0.962 bits per heavy atom. The van der Waals surface area contributed by atoms with E-state index in [1.807, 2.05) is 31.2 Å². The van der Waals surface area contributed by atoms with Crippen molar-refractivity contribution in [3.05, 3.63) is 80.6 Å². The van der Waals surface area contributed by atoms with Crippen LogP contribution in [0.2, 0.25) is 5.02 Å². The molecule has 0 atom stereocenters. The normalized spacial score (nSPS) is 10.2. The molecule has 2 N–H and O–H groups in total. The van der Waals surface area contributed by atoms with Gasteiger partial charge in [-0.3, -0.25) is 9.36 Å². The van der Waals surface area contributed by atoms with Crippen molar-refractivity contribution in [1.29, 1.82) is 10.5 Å². The predicted octanol–water partition coefficient (Wildman–Crippen LogP) is 3.79. The fourth-order valence-corrected chi connectivity index (χ4v) is 2.89. The molecule has 6 heteroatoms. The minimum atomic E-state index is -0.582. The molecule has 0 bridgehead atoms. The molecular formula is C20H13ClN4O. The Bertz CT molecular complexity index is 1130. The predicted molar refractivity (Wildman–Crippen MR) is 101 cm³/mol. The lowest BCUT2D eigenvalue weighted by molar-refractivity contribution is 0.993. The number of nitrogens with two attached hydrogens (primary N) is 1. The number of pyridine rings is 1. The third-order valence-electron chi connectivity index (χ3n) is 4.06. The van der Waals surface area contributed by atoms with Crippen molar-refractivity contribution < 1.29 is 0 Å². The number of rotatable bonds is 2. The number of benzene rings is 2. The highest BCUT2D eigenvalue weighted by molar-refractivity contribution is 6.30. The number of hydrogen-bond acceptors (Lipinski definition) is 4. The fourth-order valence-electron chi connectivity index (χ4n) is 2.77. The summed E-state index contributed by atoms with van der Waals surface area (Å²) in [5.41, 5.74) is 7.82. The Morgan fingerprint density at radius 2 is 1.54 bits per heavy atom. The van der Waals surface area contributed by atoms with Crippen LogP contribution < -0.4 is 11.3 Å². The van der Waals surface area contributed by atoms with Crippen molar-refractivity contribution >= 4 is 17.4 Å². The minimum Gasteiger partial charge on any atom is -0.384 e. The summed E-state index contributed by atoms with van der Waals surface area (Å²) in [6, 6.07) is 17.6. The van der Waals surface area contributed by atoms with E-state index < -0.39 is 5.56 Å². The molecule has 0 amide bonds. The highest BCUT2D eigenvalue weighted by atomic mass is 35.5. The summed E-state index contributed by atoms with van der Waals surface area (Å²) in [4.78, 5) is 13.0. The van der Waals surface area contributed by atoms with E-state index in [1.165, 1.54) is 0 Å². The third kappa shape index (κ3) is 2.82. The molecule has 0 aliphatic heterocycles. The van der Waals surface area contributed by atoms with E-state index in [1.54, 1.807) is 36.4 Å². The Labute approximate surface area is 155 Å². The van der Waals surface area contributed by atoms with Gasteiger partial charge in [0, 0.05) is 10.6 Å². The maximum atomic E-state index is 13.0. The molecule has 3 rings (SSSR count). The molecule has 0 aliphatic carbocycles. The zero-order valence-electron chi connectivity index (χ0n) is 13.8. The van der Waals surface area contributed by atoms with E-state index >= 15 is 0 Å². The van der Waals surface area contributed by atoms with E-state index in [0.717, 1.165) is 10.1 Å². The van der Waals surface area contributed by atoms with Gasteiger partial charge in [0.25, 0.3) is 5.56 Å². The van der Waals surface area contributed by atoms with E-state index in [2.05, 4.69) is 0 Å². The van der Waals surface area contributed by atoms with Crippen LogP contribution in [0.1, 0.15) is 16.7 Å². The monoisotopic (exact) mass is 360 g/mol. The van der Waals surface area contributed by atoms with E-state index in [4.69, 9.17) is 17.3 Å². The second kappa shape index (κ2) is 6.76. The second-order valence-electron chi connectivity index (χ2n) is 5.72. The summed E-state index contributed by atoms with van der Waals surface area (Å²) in [7, 11) is 0. The van der Waals surface area contributed by atoms with Gasteiger partial charge in [0.05, 0.1) is 5.69 Å². The molecule has 3 aromatic rings. The van der Waals surface area contributed by atoms with Crippen LogP contribution in [0, 0.1) is 29.6 Å². The largest absolute Gasteiger partial charge is 0.384 e. The van der Waals surface area contributed by atoms with Crippen molar-refractivity contribution in [2.75, 3.05) is 5.73 Å². The molecular weight excluding hydrogens is 348 g/mol. The molecule has 2 aromatic carbocycles. The lowest BCUT2D eigenvalue weighted by Crippen LogP contribution is -2.26. The Morgan fingerprint density at radius 3 is 2.08 bits per heavy atom. The molecule has 0 radical (unpaired) electrons. The number of halogens is 1. The zero-order chi connectivity index (χ0) is 18.8. The van der Waals surface area contributed by atoms with Crippen molar-refractivity contribution in [3.8, 4) is 29.0 Å². The van der Waals surface area contributed by atoms with Gasteiger partial charge in [-0.2, -0.15) is 10.5 Å². The zero-order valence-corrected chi connectivity index (χ0v) is 14.6. The van der Waals surface area contributed by atoms with Crippen LogP contribution in [0.4, 0.5) is 5.82 Å². The molecule has 0 saturated carbocycles. The SMILES string of the molecule is Cc1ccc(-c2c(C#N)c(N)n(-c3ccc(Cl)cc3)c(=O)c2C#N)cc1. The Balaban J connectivity index is 2.41. The number of aromatic nitrogens is 1. The Hall–Kier alpha value is -3.54. The van der Waals surface area contributed by atoms with Gasteiger partial charge in [0.2, 0.25) is 0 Å². The summed E-state index contributed by atoms with van der Waals surface area (Å²) in [5.74, 6) is -0.0191. The van der Waals surface area contributed by atoms with Gasteiger partial charge in [0.1, 0.15) is 29.1 Å². The van der Waals surface area contributed by atoms with Gasteiger partial charge in [-0.25, -0.2) is 0 Å². The number of nitrogen functional groups attached to an aromatic ring is 1. The van der Waals surface area contributed by atoms with Gasteiger partial charge < -0.3 is 5.73 Å². The molecule has 126 valence electrons.